The van der Waals surface area contributed by atoms with Gasteiger partial charge in [-0.2, -0.15) is 0 Å². The summed E-state index contributed by atoms with van der Waals surface area (Å²) in [6.07, 6.45) is 1.13. The van der Waals surface area contributed by atoms with Crippen molar-refractivity contribution in [3.05, 3.63) is 46.1 Å². The zero-order chi connectivity index (χ0) is 20.1. The first kappa shape index (κ1) is 21.4. The molecule has 150 valence electrons. The van der Waals surface area contributed by atoms with Crippen molar-refractivity contribution in [3.63, 3.8) is 0 Å². The van der Waals surface area contributed by atoms with Crippen molar-refractivity contribution in [2.45, 2.75) is 30.8 Å². The lowest BCUT2D eigenvalue weighted by Gasteiger charge is -2.17. The van der Waals surface area contributed by atoms with Crippen molar-refractivity contribution >= 4 is 41.1 Å². The number of nitrogens with zero attached hydrogens (tertiary/aromatic N) is 2. The monoisotopic (exact) mass is 440 g/mol. The van der Waals surface area contributed by atoms with E-state index in [1.54, 1.807) is 6.92 Å². The highest BCUT2D eigenvalue weighted by Gasteiger charge is 2.25. The Hall–Kier alpha value is -1.31. The van der Waals surface area contributed by atoms with Gasteiger partial charge in [0.15, 0.2) is 0 Å². The van der Waals surface area contributed by atoms with Crippen LogP contribution in [0.3, 0.4) is 0 Å². The van der Waals surface area contributed by atoms with Crippen LogP contribution in [0.15, 0.2) is 35.2 Å². The van der Waals surface area contributed by atoms with E-state index >= 15 is 0 Å². The van der Waals surface area contributed by atoms with Crippen LogP contribution in [0.1, 0.15) is 19.0 Å². The number of epoxide rings is 1. The Kier molecular flexibility index (Phi) is 7.60. The molecule has 0 amide bonds. The highest BCUT2D eigenvalue weighted by Crippen LogP contribution is 2.39. The van der Waals surface area contributed by atoms with Crippen LogP contribution in [-0.2, 0) is 20.7 Å². The van der Waals surface area contributed by atoms with E-state index in [1.165, 1.54) is 11.9 Å². The molecule has 0 saturated carbocycles. The zero-order valence-corrected chi connectivity index (χ0v) is 18.1. The fraction of sp³-hybridized carbons (Fsp3) is 0.400. The van der Waals surface area contributed by atoms with Crippen molar-refractivity contribution < 1.29 is 14.3 Å². The van der Waals surface area contributed by atoms with Crippen molar-refractivity contribution in [2.24, 2.45) is 0 Å². The summed E-state index contributed by atoms with van der Waals surface area (Å²) in [6, 6.07) is 9.45. The number of benzene rings is 1. The molecular weight excluding hydrogens is 419 g/mol. The van der Waals surface area contributed by atoms with Gasteiger partial charge >= 0.3 is 5.97 Å². The van der Waals surface area contributed by atoms with E-state index in [0.29, 0.717) is 35.6 Å². The predicted molar refractivity (Wildman–Crippen MR) is 113 cm³/mol. The van der Waals surface area contributed by atoms with E-state index in [-0.39, 0.29) is 5.97 Å². The van der Waals surface area contributed by atoms with Gasteiger partial charge in [0, 0.05) is 24.2 Å². The van der Waals surface area contributed by atoms with Gasteiger partial charge in [0.05, 0.1) is 46.4 Å². The lowest BCUT2D eigenvalue weighted by Crippen LogP contribution is -2.15. The Morgan fingerprint density at radius 3 is 2.71 bits per heavy atom. The average molecular weight is 441 g/mol. The van der Waals surface area contributed by atoms with E-state index in [0.717, 1.165) is 35.0 Å². The number of aryl methyl sites for hydroxylation is 1. The maximum atomic E-state index is 11.6. The Morgan fingerprint density at radius 1 is 1.36 bits per heavy atom. The second-order valence-electron chi connectivity index (χ2n) is 6.45. The predicted octanol–water partition coefficient (Wildman–Crippen LogP) is 4.89. The zero-order valence-electron chi connectivity index (χ0n) is 15.8. The summed E-state index contributed by atoms with van der Waals surface area (Å²) >= 11 is 14.5. The van der Waals surface area contributed by atoms with Gasteiger partial charge in [-0.25, -0.2) is 4.31 Å². The minimum absolute atomic E-state index is 0.220. The number of pyridine rings is 1. The molecule has 1 unspecified atom stereocenters. The molecule has 0 radical (unpaired) electrons. The van der Waals surface area contributed by atoms with Crippen LogP contribution >= 0.6 is 35.1 Å². The van der Waals surface area contributed by atoms with Crippen LogP contribution in [-0.4, -0.2) is 48.2 Å². The van der Waals surface area contributed by atoms with E-state index in [4.69, 9.17) is 32.7 Å². The molecule has 5 nitrogen and oxygen atoms in total. The third kappa shape index (κ3) is 6.09. The van der Waals surface area contributed by atoms with Gasteiger partial charge in [-0.15, -0.1) is 0 Å². The third-order valence-electron chi connectivity index (χ3n) is 4.10. The topological polar surface area (TPSA) is 55.0 Å². The maximum absolute atomic E-state index is 11.6. The Morgan fingerprint density at radius 2 is 2.07 bits per heavy atom. The van der Waals surface area contributed by atoms with E-state index in [1.807, 2.05) is 37.4 Å². The summed E-state index contributed by atoms with van der Waals surface area (Å²) in [5.41, 5.74) is 2.42. The highest BCUT2D eigenvalue weighted by atomic mass is 35.5. The lowest BCUT2D eigenvalue weighted by atomic mass is 10.1. The number of ether oxygens (including phenoxy) is 2. The highest BCUT2D eigenvalue weighted by molar-refractivity contribution is 7.97. The van der Waals surface area contributed by atoms with E-state index in [2.05, 4.69) is 9.29 Å². The summed E-state index contributed by atoms with van der Waals surface area (Å²) in [5, 5.41) is 1.16. The van der Waals surface area contributed by atoms with Gasteiger partial charge < -0.3 is 9.47 Å². The number of rotatable bonds is 9. The number of carbonyl (C=O) groups is 1. The van der Waals surface area contributed by atoms with Crippen molar-refractivity contribution in [1.29, 1.82) is 0 Å². The molecule has 0 N–H and O–H groups in total. The number of halogens is 2. The van der Waals surface area contributed by atoms with E-state index < -0.39 is 0 Å². The number of hydrogen-bond donors (Lipinski definition) is 0. The van der Waals surface area contributed by atoms with Gasteiger partial charge in [0.2, 0.25) is 0 Å². The van der Waals surface area contributed by atoms with Crippen molar-refractivity contribution in [2.75, 3.05) is 26.8 Å². The quantitative estimate of drug-likeness (QED) is 0.314. The summed E-state index contributed by atoms with van der Waals surface area (Å²) in [7, 11) is 1.99. The first-order valence-corrected chi connectivity index (χ1v) is 10.6. The Labute approximate surface area is 179 Å². The Bertz CT molecular complexity index is 823. The second kappa shape index (κ2) is 9.94. The largest absolute Gasteiger partial charge is 0.466 e. The van der Waals surface area contributed by atoms with E-state index in [9.17, 15) is 4.79 Å². The standard InChI is InChI=1S/C20H22Cl2N2O3S/c1-3-26-19(25)8-7-14-5-4-6-18(23-14)13-9-16(21)20(17(22)10-13)28-24(2)11-15-12-27-15/h4-6,9-10,15H,3,7-8,11-12H2,1-2H3. The number of likely N-dealkylation sites (N-methyl/N-ethyl adjacent to an activating group) is 1. The molecule has 1 aromatic heterocycles. The molecule has 2 aromatic rings. The van der Waals surface area contributed by atoms with Gasteiger partial charge in [0.1, 0.15) is 0 Å². The number of aromatic nitrogens is 1. The molecule has 1 aliphatic heterocycles. The van der Waals surface area contributed by atoms with Gasteiger partial charge in [0.25, 0.3) is 0 Å². The smallest absolute Gasteiger partial charge is 0.306 e. The van der Waals surface area contributed by atoms with Gasteiger partial charge in [-0.3, -0.25) is 9.78 Å². The molecule has 0 spiro atoms. The van der Waals surface area contributed by atoms with Crippen molar-refractivity contribution in [1.82, 2.24) is 9.29 Å². The molecule has 1 fully saturated rings. The molecular formula is C20H22Cl2N2O3S. The van der Waals surface area contributed by atoms with Gasteiger partial charge in [-0.1, -0.05) is 29.3 Å². The molecule has 8 heteroatoms. The van der Waals surface area contributed by atoms with Crippen LogP contribution in [0.25, 0.3) is 11.3 Å². The second-order valence-corrected chi connectivity index (χ2v) is 8.47. The summed E-state index contributed by atoms with van der Waals surface area (Å²) in [4.78, 5) is 17.0. The lowest BCUT2D eigenvalue weighted by molar-refractivity contribution is -0.143. The number of esters is 1. The number of hydrogen-bond acceptors (Lipinski definition) is 6. The normalized spacial score (nSPS) is 15.7. The maximum Gasteiger partial charge on any atom is 0.306 e. The van der Waals surface area contributed by atoms with Crippen LogP contribution < -0.4 is 0 Å². The Balaban J connectivity index is 1.72. The molecule has 1 atom stereocenters. The molecule has 2 heterocycles. The molecule has 28 heavy (non-hydrogen) atoms. The molecule has 1 aromatic carbocycles. The van der Waals surface area contributed by atoms with Crippen LogP contribution in [0.5, 0.6) is 0 Å². The van der Waals surface area contributed by atoms with Crippen LogP contribution in [0.4, 0.5) is 0 Å². The average Bonchev–Trinajstić information content (AvgIpc) is 3.47. The van der Waals surface area contributed by atoms with Gasteiger partial charge in [-0.05, 0) is 50.2 Å². The SMILES string of the molecule is CCOC(=O)CCc1cccc(-c2cc(Cl)c(SN(C)CC3CO3)c(Cl)c2)n1. The molecule has 1 saturated heterocycles. The first-order chi connectivity index (χ1) is 13.5. The summed E-state index contributed by atoms with van der Waals surface area (Å²) < 4.78 is 12.3. The fourth-order valence-corrected chi connectivity index (χ4v) is 4.23. The van der Waals surface area contributed by atoms with Crippen LogP contribution in [0.2, 0.25) is 10.0 Å². The minimum Gasteiger partial charge on any atom is -0.466 e. The fourth-order valence-electron chi connectivity index (χ4n) is 2.69. The van der Waals surface area contributed by atoms with Crippen LogP contribution in [0, 0.1) is 0 Å². The summed E-state index contributed by atoms with van der Waals surface area (Å²) in [6.45, 7) is 3.81. The third-order valence-corrected chi connectivity index (χ3v) is 6.01. The molecule has 0 bridgehead atoms. The molecule has 3 rings (SSSR count). The minimum atomic E-state index is -0.220. The number of carbonyl (C=O) groups excluding carboxylic acids is 1. The first-order valence-electron chi connectivity index (χ1n) is 9.08. The van der Waals surface area contributed by atoms with Crippen molar-refractivity contribution in [3.8, 4) is 11.3 Å². The molecule has 0 aliphatic carbocycles. The molecule has 1 aliphatic rings. The summed E-state index contributed by atoms with van der Waals surface area (Å²) in [5.74, 6) is -0.220.